The van der Waals surface area contributed by atoms with Gasteiger partial charge in [-0.15, -0.1) is 0 Å². The van der Waals surface area contributed by atoms with Gasteiger partial charge in [-0.1, -0.05) is 4.98 Å². The van der Waals surface area contributed by atoms with Crippen LogP contribution in [0, 0.1) is 5.82 Å². The van der Waals surface area contributed by atoms with Crippen molar-refractivity contribution in [2.45, 2.75) is 18.7 Å². The number of aliphatic hydroxyl groups is 1. The minimum absolute atomic E-state index is 0.265. The first kappa shape index (κ1) is 14.9. The molecule has 0 fully saturated rings. The van der Waals surface area contributed by atoms with E-state index in [0.717, 1.165) is 0 Å². The summed E-state index contributed by atoms with van der Waals surface area (Å²) >= 11 is 0. The molecule has 2 aromatic rings. The maximum atomic E-state index is 13.2. The zero-order chi connectivity index (χ0) is 15.7. The van der Waals surface area contributed by atoms with E-state index in [1.807, 2.05) is 23.8 Å². The molecule has 6 heteroatoms. The molecule has 5 nitrogen and oxygen atoms in total. The lowest BCUT2D eigenvalue weighted by Gasteiger charge is -2.31. The highest BCUT2D eigenvalue weighted by Gasteiger charge is 2.56. The fourth-order valence-corrected chi connectivity index (χ4v) is 3.00. The van der Waals surface area contributed by atoms with E-state index < -0.39 is 5.72 Å². The van der Waals surface area contributed by atoms with Gasteiger partial charge in [-0.2, -0.15) is 0 Å². The summed E-state index contributed by atoms with van der Waals surface area (Å²) in [5.74, 6) is 0.337. The van der Waals surface area contributed by atoms with Crippen LogP contribution in [0.2, 0.25) is 0 Å². The van der Waals surface area contributed by atoms with Crippen LogP contribution >= 0.6 is 0 Å². The maximum absolute atomic E-state index is 13.2. The van der Waals surface area contributed by atoms with Crippen LogP contribution in [0.3, 0.4) is 0 Å². The second-order valence-electron chi connectivity index (χ2n) is 5.38. The number of hydrogen-bond acceptors (Lipinski definition) is 4. The molecule has 1 aromatic heterocycles. The van der Waals surface area contributed by atoms with Crippen molar-refractivity contribution in [3.8, 4) is 0 Å². The molecule has 22 heavy (non-hydrogen) atoms. The monoisotopic (exact) mass is 304 g/mol. The van der Waals surface area contributed by atoms with Gasteiger partial charge < -0.3 is 9.84 Å². The molecule has 0 radical (unpaired) electrons. The molecular weight excluding hydrogens is 285 g/mol. The molecule has 1 N–H and O–H groups in total. The van der Waals surface area contributed by atoms with Crippen molar-refractivity contribution < 1.29 is 18.8 Å². The van der Waals surface area contributed by atoms with Crippen LogP contribution in [-0.2, 0) is 10.5 Å². The SMILES string of the molecule is COCCN1c2nccc[n+]2C(C)C1(O)c1ccc(F)cc1. The fourth-order valence-electron chi connectivity index (χ4n) is 3.00. The predicted octanol–water partition coefficient (Wildman–Crippen LogP) is 1.38. The van der Waals surface area contributed by atoms with Crippen molar-refractivity contribution in [1.82, 2.24) is 4.98 Å². The maximum Gasteiger partial charge on any atom is 0.397 e. The second kappa shape index (κ2) is 5.62. The number of methoxy groups -OCH3 is 1. The quantitative estimate of drug-likeness (QED) is 0.867. The van der Waals surface area contributed by atoms with Gasteiger partial charge in [-0.25, -0.2) is 13.9 Å². The van der Waals surface area contributed by atoms with Gasteiger partial charge in [0.2, 0.25) is 5.72 Å². The first-order chi connectivity index (χ1) is 10.6. The van der Waals surface area contributed by atoms with Crippen molar-refractivity contribution in [2.75, 3.05) is 25.2 Å². The molecule has 2 heterocycles. The lowest BCUT2D eigenvalue weighted by atomic mass is 9.95. The van der Waals surface area contributed by atoms with Crippen LogP contribution < -0.4 is 9.47 Å². The van der Waals surface area contributed by atoms with E-state index in [1.165, 1.54) is 12.1 Å². The Morgan fingerprint density at radius 1 is 1.41 bits per heavy atom. The standard InChI is InChI=1S/C16H19FN3O2/c1-12-16(21,13-4-6-14(17)7-5-13)20(10-11-22-2)15-18-8-3-9-19(12)15/h3-9,12,21H,10-11H2,1-2H3/q+1. The Morgan fingerprint density at radius 2 is 2.14 bits per heavy atom. The summed E-state index contributed by atoms with van der Waals surface area (Å²) in [6.45, 7) is 2.85. The third-order valence-corrected chi connectivity index (χ3v) is 4.19. The fraction of sp³-hybridized carbons (Fsp3) is 0.375. The number of halogens is 1. The number of hydrogen-bond donors (Lipinski definition) is 1. The number of ether oxygens (including phenoxy) is 1. The van der Waals surface area contributed by atoms with Crippen molar-refractivity contribution in [3.05, 3.63) is 54.1 Å². The van der Waals surface area contributed by atoms with Gasteiger partial charge in [0.1, 0.15) is 18.1 Å². The van der Waals surface area contributed by atoms with E-state index in [9.17, 15) is 9.50 Å². The first-order valence-corrected chi connectivity index (χ1v) is 7.20. The average Bonchev–Trinajstić information content (AvgIpc) is 2.76. The highest BCUT2D eigenvalue weighted by Crippen LogP contribution is 2.40. The summed E-state index contributed by atoms with van der Waals surface area (Å²) in [5.41, 5.74) is -0.670. The Hall–Kier alpha value is -2.05. The lowest BCUT2D eigenvalue weighted by molar-refractivity contribution is -0.709. The van der Waals surface area contributed by atoms with Gasteiger partial charge in [-0.05, 0) is 31.2 Å². The van der Waals surface area contributed by atoms with Gasteiger partial charge in [0, 0.05) is 18.7 Å². The van der Waals surface area contributed by atoms with E-state index in [0.29, 0.717) is 24.7 Å². The molecule has 3 rings (SSSR count). The van der Waals surface area contributed by atoms with Crippen LogP contribution in [0.1, 0.15) is 18.5 Å². The highest BCUT2D eigenvalue weighted by atomic mass is 19.1. The van der Waals surface area contributed by atoms with Crippen molar-refractivity contribution in [3.63, 3.8) is 0 Å². The minimum atomic E-state index is -1.30. The molecule has 0 aliphatic carbocycles. The molecule has 0 saturated heterocycles. The van der Waals surface area contributed by atoms with Crippen molar-refractivity contribution in [2.24, 2.45) is 0 Å². The van der Waals surface area contributed by atoms with Crippen LogP contribution in [0.5, 0.6) is 0 Å². The zero-order valence-electron chi connectivity index (χ0n) is 12.6. The molecule has 1 aromatic carbocycles. The van der Waals surface area contributed by atoms with Crippen LogP contribution in [-0.4, -0.2) is 30.4 Å². The minimum Gasteiger partial charge on any atom is -0.381 e. The van der Waals surface area contributed by atoms with Gasteiger partial charge in [0.15, 0.2) is 0 Å². The summed E-state index contributed by atoms with van der Waals surface area (Å²) in [5, 5.41) is 11.4. The topological polar surface area (TPSA) is 49.5 Å². The molecule has 0 saturated carbocycles. The van der Waals surface area contributed by atoms with E-state index in [4.69, 9.17) is 4.74 Å². The normalized spacial score (nSPS) is 23.6. The molecule has 0 amide bonds. The smallest absolute Gasteiger partial charge is 0.381 e. The summed E-state index contributed by atoms with van der Waals surface area (Å²) < 4.78 is 20.3. The summed E-state index contributed by atoms with van der Waals surface area (Å²) in [4.78, 5) is 6.18. The van der Waals surface area contributed by atoms with E-state index in [2.05, 4.69) is 4.98 Å². The number of anilines is 1. The molecular formula is C16H19FN3O2+. The first-order valence-electron chi connectivity index (χ1n) is 7.20. The third-order valence-electron chi connectivity index (χ3n) is 4.19. The average molecular weight is 304 g/mol. The van der Waals surface area contributed by atoms with E-state index in [1.54, 1.807) is 30.3 Å². The number of aromatic nitrogens is 2. The number of nitrogens with zero attached hydrogens (tertiary/aromatic N) is 3. The van der Waals surface area contributed by atoms with Crippen LogP contribution in [0.25, 0.3) is 0 Å². The van der Waals surface area contributed by atoms with Crippen molar-refractivity contribution >= 4 is 5.95 Å². The Labute approximate surface area is 128 Å². The number of fused-ring (bicyclic) bond motifs is 1. The Balaban J connectivity index is 2.10. The third kappa shape index (κ3) is 2.15. The van der Waals surface area contributed by atoms with Gasteiger partial charge in [-0.3, -0.25) is 0 Å². The summed E-state index contributed by atoms with van der Waals surface area (Å²) in [6.07, 6.45) is 3.57. The summed E-state index contributed by atoms with van der Waals surface area (Å²) in [6, 6.07) is 7.49. The molecule has 2 unspecified atom stereocenters. The Bertz CT molecular complexity index is 665. The van der Waals surface area contributed by atoms with Gasteiger partial charge >= 0.3 is 5.95 Å². The number of rotatable bonds is 4. The molecule has 0 spiro atoms. The largest absolute Gasteiger partial charge is 0.397 e. The van der Waals surface area contributed by atoms with Crippen LogP contribution in [0.4, 0.5) is 10.3 Å². The molecule has 0 bridgehead atoms. The van der Waals surface area contributed by atoms with Crippen LogP contribution in [0.15, 0.2) is 42.7 Å². The Morgan fingerprint density at radius 3 is 2.82 bits per heavy atom. The molecule has 1 aliphatic rings. The van der Waals surface area contributed by atoms with E-state index in [-0.39, 0.29) is 11.9 Å². The van der Waals surface area contributed by atoms with Gasteiger partial charge in [0.25, 0.3) is 0 Å². The van der Waals surface area contributed by atoms with Gasteiger partial charge in [0.05, 0.1) is 19.3 Å². The number of benzene rings is 1. The Kier molecular flexibility index (Phi) is 3.80. The highest BCUT2D eigenvalue weighted by molar-refractivity contribution is 5.39. The molecule has 2 atom stereocenters. The molecule has 1 aliphatic heterocycles. The summed E-state index contributed by atoms with van der Waals surface area (Å²) in [7, 11) is 1.61. The van der Waals surface area contributed by atoms with Crippen molar-refractivity contribution in [1.29, 1.82) is 0 Å². The zero-order valence-corrected chi connectivity index (χ0v) is 12.6. The molecule has 116 valence electrons. The lowest BCUT2D eigenvalue weighted by Crippen LogP contribution is -2.49. The predicted molar refractivity (Wildman–Crippen MR) is 78.7 cm³/mol. The van der Waals surface area contributed by atoms with E-state index >= 15 is 0 Å². The second-order valence-corrected chi connectivity index (χ2v) is 5.38.